The summed E-state index contributed by atoms with van der Waals surface area (Å²) in [5.41, 5.74) is 1.42. The van der Waals surface area contributed by atoms with Crippen LogP contribution in [0.1, 0.15) is 19.3 Å². The third-order valence-corrected chi connectivity index (χ3v) is 3.40. The number of hydrogen-bond acceptors (Lipinski definition) is 3. The third-order valence-electron chi connectivity index (χ3n) is 2.57. The minimum absolute atomic E-state index is 0.0903. The Hall–Kier alpha value is -1.20. The topological polar surface area (TPSA) is 54.9 Å². The predicted octanol–water partition coefficient (Wildman–Crippen LogP) is 3.79. The van der Waals surface area contributed by atoms with Gasteiger partial charge in [-0.2, -0.15) is 0 Å². The Morgan fingerprint density at radius 3 is 2.58 bits per heavy atom. The fourth-order valence-electron chi connectivity index (χ4n) is 1.63. The molecule has 4 nitrogen and oxygen atoms in total. The summed E-state index contributed by atoms with van der Waals surface area (Å²) in [5.74, 6) is 0.233. The monoisotopic (exact) mass is 341 g/mol. The van der Waals surface area contributed by atoms with E-state index in [-0.39, 0.29) is 11.1 Å². The molecule has 6 heteroatoms. The van der Waals surface area contributed by atoms with Crippen molar-refractivity contribution in [3.05, 3.63) is 29.4 Å². The van der Waals surface area contributed by atoms with E-state index in [0.29, 0.717) is 23.3 Å². The number of rotatable bonds is 5. The first kappa shape index (κ1) is 14.2. The van der Waals surface area contributed by atoms with Gasteiger partial charge in [-0.25, -0.2) is 9.97 Å². The van der Waals surface area contributed by atoms with Crippen molar-refractivity contribution in [2.24, 2.45) is 0 Å². The van der Waals surface area contributed by atoms with Gasteiger partial charge in [-0.05, 0) is 25.0 Å². The summed E-state index contributed by atoms with van der Waals surface area (Å²) in [7, 11) is 0. The lowest BCUT2D eigenvalue weighted by atomic mass is 10.2. The van der Waals surface area contributed by atoms with E-state index in [1.54, 1.807) is 0 Å². The highest BCUT2D eigenvalue weighted by Crippen LogP contribution is 2.21. The Balaban J connectivity index is 2.11. The summed E-state index contributed by atoms with van der Waals surface area (Å²) >= 11 is 9.34. The van der Waals surface area contributed by atoms with Gasteiger partial charge in [-0.15, -0.1) is 0 Å². The van der Waals surface area contributed by atoms with Crippen molar-refractivity contribution in [3.63, 3.8) is 0 Å². The number of benzene rings is 1. The second kappa shape index (κ2) is 6.82. The number of fused-ring (bicyclic) bond motifs is 1. The van der Waals surface area contributed by atoms with E-state index < -0.39 is 0 Å². The number of para-hydroxylation sites is 2. The second-order valence-corrected chi connectivity index (χ2v) is 5.20. The third kappa shape index (κ3) is 3.88. The molecular formula is C13H13BrClN3O. The van der Waals surface area contributed by atoms with E-state index in [1.807, 2.05) is 24.3 Å². The molecule has 0 unspecified atom stereocenters. The Labute approximate surface area is 124 Å². The molecule has 0 saturated carbocycles. The highest BCUT2D eigenvalue weighted by Gasteiger charge is 2.09. The normalized spacial score (nSPS) is 10.6. The fourth-order valence-corrected chi connectivity index (χ4v) is 2.21. The van der Waals surface area contributed by atoms with Crippen LogP contribution in [0.25, 0.3) is 11.0 Å². The average molecular weight is 343 g/mol. The first-order chi connectivity index (χ1) is 9.20. The number of amides is 1. The number of halogens is 2. The van der Waals surface area contributed by atoms with Crippen LogP contribution in [-0.2, 0) is 4.79 Å². The summed E-state index contributed by atoms with van der Waals surface area (Å²) in [6, 6.07) is 7.40. The van der Waals surface area contributed by atoms with E-state index in [2.05, 4.69) is 31.2 Å². The molecule has 0 radical (unpaired) electrons. The Kier molecular flexibility index (Phi) is 5.10. The van der Waals surface area contributed by atoms with Crippen LogP contribution in [-0.4, -0.2) is 21.2 Å². The number of hydrogen-bond donors (Lipinski definition) is 1. The van der Waals surface area contributed by atoms with Gasteiger partial charge in [-0.1, -0.05) is 39.7 Å². The van der Waals surface area contributed by atoms with Crippen LogP contribution < -0.4 is 5.32 Å². The number of carbonyl (C=O) groups is 1. The van der Waals surface area contributed by atoms with Crippen LogP contribution in [0.2, 0.25) is 5.15 Å². The van der Waals surface area contributed by atoms with Crippen molar-refractivity contribution in [3.8, 4) is 0 Å². The minimum atomic E-state index is -0.0903. The van der Waals surface area contributed by atoms with Crippen LogP contribution in [0, 0.1) is 0 Å². The van der Waals surface area contributed by atoms with Crippen molar-refractivity contribution in [1.82, 2.24) is 9.97 Å². The average Bonchev–Trinajstić information content (AvgIpc) is 2.40. The summed E-state index contributed by atoms with van der Waals surface area (Å²) in [6.45, 7) is 0. The molecule has 2 aromatic rings. The van der Waals surface area contributed by atoms with E-state index in [0.717, 1.165) is 18.2 Å². The van der Waals surface area contributed by atoms with Crippen LogP contribution >= 0.6 is 27.5 Å². The number of nitrogens with zero attached hydrogens (tertiary/aromatic N) is 2. The molecule has 19 heavy (non-hydrogen) atoms. The first-order valence-corrected chi connectivity index (χ1v) is 7.49. The maximum Gasteiger partial charge on any atom is 0.225 e. The lowest BCUT2D eigenvalue weighted by Gasteiger charge is -2.06. The van der Waals surface area contributed by atoms with Crippen molar-refractivity contribution >= 4 is 50.3 Å². The molecule has 0 aliphatic heterocycles. The van der Waals surface area contributed by atoms with Gasteiger partial charge in [0.2, 0.25) is 5.91 Å². The molecule has 1 aromatic carbocycles. The molecule has 1 heterocycles. The molecule has 0 spiro atoms. The predicted molar refractivity (Wildman–Crippen MR) is 80.8 cm³/mol. The molecule has 0 bridgehead atoms. The molecule has 100 valence electrons. The van der Waals surface area contributed by atoms with Crippen LogP contribution in [0.5, 0.6) is 0 Å². The zero-order valence-electron chi connectivity index (χ0n) is 10.2. The van der Waals surface area contributed by atoms with E-state index in [9.17, 15) is 4.79 Å². The van der Waals surface area contributed by atoms with Gasteiger partial charge in [0, 0.05) is 11.8 Å². The molecule has 1 amide bonds. The molecule has 0 aliphatic carbocycles. The van der Waals surface area contributed by atoms with Gasteiger partial charge in [0.15, 0.2) is 11.0 Å². The lowest BCUT2D eigenvalue weighted by molar-refractivity contribution is -0.116. The maximum atomic E-state index is 11.7. The molecule has 1 N–H and O–H groups in total. The Morgan fingerprint density at radius 2 is 1.89 bits per heavy atom. The van der Waals surface area contributed by atoms with Crippen molar-refractivity contribution in [2.75, 3.05) is 10.6 Å². The van der Waals surface area contributed by atoms with Crippen LogP contribution in [0.15, 0.2) is 24.3 Å². The van der Waals surface area contributed by atoms with E-state index in [1.165, 1.54) is 0 Å². The van der Waals surface area contributed by atoms with Crippen molar-refractivity contribution < 1.29 is 4.79 Å². The van der Waals surface area contributed by atoms with Gasteiger partial charge in [0.05, 0.1) is 11.0 Å². The van der Waals surface area contributed by atoms with Gasteiger partial charge in [0.1, 0.15) is 0 Å². The van der Waals surface area contributed by atoms with E-state index >= 15 is 0 Å². The number of carbonyl (C=O) groups excluding carboxylic acids is 1. The van der Waals surface area contributed by atoms with Crippen molar-refractivity contribution in [1.29, 1.82) is 0 Å². The minimum Gasteiger partial charge on any atom is -0.308 e. The van der Waals surface area contributed by atoms with Gasteiger partial charge in [-0.3, -0.25) is 4.79 Å². The molecule has 0 saturated heterocycles. The summed E-state index contributed by atoms with van der Waals surface area (Å²) in [6.07, 6.45) is 2.25. The quantitative estimate of drug-likeness (QED) is 0.664. The van der Waals surface area contributed by atoms with E-state index in [4.69, 9.17) is 11.6 Å². The maximum absolute atomic E-state index is 11.7. The second-order valence-electron chi connectivity index (χ2n) is 4.05. The number of unbranched alkanes of at least 4 members (excludes halogenated alkanes) is 1. The van der Waals surface area contributed by atoms with Gasteiger partial charge >= 0.3 is 0 Å². The van der Waals surface area contributed by atoms with Gasteiger partial charge in [0.25, 0.3) is 0 Å². The number of anilines is 1. The first-order valence-electron chi connectivity index (χ1n) is 5.99. The molecule has 2 rings (SSSR count). The Bertz CT molecular complexity index is 591. The van der Waals surface area contributed by atoms with Crippen LogP contribution in [0.3, 0.4) is 0 Å². The molecule has 0 atom stereocenters. The molecule has 1 aromatic heterocycles. The molecular weight excluding hydrogens is 330 g/mol. The number of nitrogens with one attached hydrogen (secondary N) is 1. The smallest absolute Gasteiger partial charge is 0.225 e. The lowest BCUT2D eigenvalue weighted by Crippen LogP contribution is -2.13. The van der Waals surface area contributed by atoms with Crippen LogP contribution in [0.4, 0.5) is 5.82 Å². The SMILES string of the molecule is O=C(CCCCBr)Nc1nc2ccccc2nc1Cl. The standard InChI is InChI=1S/C13H13BrClN3O/c14-8-4-3-7-11(19)18-13-12(15)16-9-5-1-2-6-10(9)17-13/h1-2,5-6H,3-4,7-8H2,(H,17,18,19). The summed E-state index contributed by atoms with van der Waals surface area (Å²) < 4.78 is 0. The molecule has 0 aliphatic rings. The Morgan fingerprint density at radius 1 is 1.21 bits per heavy atom. The number of aromatic nitrogens is 2. The summed E-state index contributed by atoms with van der Waals surface area (Å²) in [5, 5.41) is 3.82. The van der Waals surface area contributed by atoms with Gasteiger partial charge < -0.3 is 5.32 Å². The zero-order valence-corrected chi connectivity index (χ0v) is 12.5. The number of alkyl halides is 1. The fraction of sp³-hybridized carbons (Fsp3) is 0.308. The largest absolute Gasteiger partial charge is 0.308 e. The summed E-state index contributed by atoms with van der Waals surface area (Å²) in [4.78, 5) is 20.2. The highest BCUT2D eigenvalue weighted by atomic mass is 79.9. The molecule has 0 fully saturated rings. The zero-order chi connectivity index (χ0) is 13.7. The van der Waals surface area contributed by atoms with Crippen molar-refractivity contribution in [2.45, 2.75) is 19.3 Å². The highest BCUT2D eigenvalue weighted by molar-refractivity contribution is 9.09.